The van der Waals surface area contributed by atoms with Crippen molar-refractivity contribution in [2.75, 3.05) is 7.11 Å². The minimum absolute atomic E-state index is 0.0231. The van der Waals surface area contributed by atoms with Crippen molar-refractivity contribution in [2.45, 2.75) is 37.7 Å². The Labute approximate surface area is 198 Å². The number of halogens is 1. The Bertz CT molecular complexity index is 1250. The van der Waals surface area contributed by atoms with E-state index in [2.05, 4.69) is 10.1 Å². The number of ether oxygens (including phenoxy) is 2. The molecular formula is C24H24ClNO6S. The molecule has 0 spiro atoms. The number of benzene rings is 2. The lowest BCUT2D eigenvalue weighted by molar-refractivity contribution is -0.162. The summed E-state index contributed by atoms with van der Waals surface area (Å²) >= 11 is 6.48. The number of esters is 2. The van der Waals surface area contributed by atoms with Gasteiger partial charge in [0, 0.05) is 16.4 Å². The van der Waals surface area contributed by atoms with Crippen molar-refractivity contribution in [3.05, 3.63) is 87.1 Å². The van der Waals surface area contributed by atoms with Crippen LogP contribution in [0.3, 0.4) is 0 Å². The zero-order valence-electron chi connectivity index (χ0n) is 18.6. The van der Waals surface area contributed by atoms with Gasteiger partial charge >= 0.3 is 11.9 Å². The van der Waals surface area contributed by atoms with Gasteiger partial charge < -0.3 is 14.8 Å². The van der Waals surface area contributed by atoms with Crippen molar-refractivity contribution >= 4 is 33.4 Å². The molecule has 0 amide bonds. The van der Waals surface area contributed by atoms with Gasteiger partial charge in [0.2, 0.25) is 9.84 Å². The Morgan fingerprint density at radius 3 is 2.21 bits per heavy atom. The van der Waals surface area contributed by atoms with Crippen LogP contribution in [0, 0.1) is 0 Å². The van der Waals surface area contributed by atoms with Crippen LogP contribution >= 0.6 is 11.6 Å². The van der Waals surface area contributed by atoms with Crippen molar-refractivity contribution in [3.8, 4) is 0 Å². The number of carbonyl (C=O) groups is 2. The predicted octanol–water partition coefficient (Wildman–Crippen LogP) is 4.11. The first-order chi connectivity index (χ1) is 15.6. The first-order valence-corrected chi connectivity index (χ1v) is 12.0. The number of allylic oxidation sites excluding steroid dienone is 3. The molecule has 0 saturated heterocycles. The largest absolute Gasteiger partial charge is 0.466 e. The highest BCUT2D eigenvalue weighted by Gasteiger charge is 2.42. The van der Waals surface area contributed by atoms with E-state index >= 15 is 0 Å². The summed E-state index contributed by atoms with van der Waals surface area (Å²) < 4.78 is 37.5. The van der Waals surface area contributed by atoms with Crippen molar-refractivity contribution < 1.29 is 27.5 Å². The second-order valence-electron chi connectivity index (χ2n) is 7.49. The van der Waals surface area contributed by atoms with Gasteiger partial charge in [-0.3, -0.25) is 0 Å². The predicted molar refractivity (Wildman–Crippen MR) is 124 cm³/mol. The fourth-order valence-electron chi connectivity index (χ4n) is 3.77. The Kier molecular flexibility index (Phi) is 7.29. The number of carbonyl (C=O) groups excluding carboxylic acids is 2. The zero-order chi connectivity index (χ0) is 24.3. The van der Waals surface area contributed by atoms with Crippen LogP contribution in [-0.2, 0) is 28.9 Å². The first-order valence-electron chi connectivity index (χ1n) is 10.1. The first kappa shape index (κ1) is 24.5. The second kappa shape index (κ2) is 9.80. The maximum Gasteiger partial charge on any atom is 0.346 e. The molecule has 9 heteroatoms. The number of hydrogen-bond donors (Lipinski definition) is 1. The van der Waals surface area contributed by atoms with Gasteiger partial charge in [-0.05, 0) is 44.5 Å². The average Bonchev–Trinajstić information content (AvgIpc) is 2.78. The molecule has 2 aromatic carbocycles. The van der Waals surface area contributed by atoms with Crippen molar-refractivity contribution in [1.82, 2.24) is 5.32 Å². The average molecular weight is 490 g/mol. The van der Waals surface area contributed by atoms with Gasteiger partial charge in [-0.25, -0.2) is 18.0 Å². The molecule has 1 N–H and O–H groups in total. The molecule has 0 fully saturated rings. The van der Waals surface area contributed by atoms with Crippen LogP contribution in [0.5, 0.6) is 0 Å². The molecule has 2 atom stereocenters. The smallest absolute Gasteiger partial charge is 0.346 e. The third kappa shape index (κ3) is 4.82. The molecule has 1 heterocycles. The second-order valence-corrected chi connectivity index (χ2v) is 9.82. The Hall–Kier alpha value is -3.10. The number of rotatable bonds is 6. The van der Waals surface area contributed by atoms with Gasteiger partial charge in [0.05, 0.1) is 28.4 Å². The fourth-order valence-corrected chi connectivity index (χ4v) is 5.80. The standard InChI is InChI=1S/C24H24ClNO6S/c1-14-20(24(28)32-16(3)23(27)31-4)21(18-12-8-9-13-19(18)25)22(15(2)26-14)33(29,30)17-10-6-5-7-11-17/h5-13,16,21,26H,1-4H3. The quantitative estimate of drug-likeness (QED) is 0.609. The van der Waals surface area contributed by atoms with Crippen LogP contribution < -0.4 is 5.32 Å². The van der Waals surface area contributed by atoms with E-state index in [1.54, 1.807) is 56.3 Å². The van der Waals surface area contributed by atoms with Crippen molar-refractivity contribution in [2.24, 2.45) is 0 Å². The zero-order valence-corrected chi connectivity index (χ0v) is 20.2. The minimum atomic E-state index is -4.04. The van der Waals surface area contributed by atoms with Gasteiger partial charge in [0.25, 0.3) is 0 Å². The molecule has 1 aliphatic heterocycles. The van der Waals surface area contributed by atoms with Gasteiger partial charge in [-0.2, -0.15) is 0 Å². The van der Waals surface area contributed by atoms with E-state index < -0.39 is 33.8 Å². The third-order valence-corrected chi connectivity index (χ3v) is 7.65. The van der Waals surface area contributed by atoms with E-state index in [0.717, 1.165) is 0 Å². The molecule has 2 aromatic rings. The summed E-state index contributed by atoms with van der Waals surface area (Å²) in [4.78, 5) is 25.1. The van der Waals surface area contributed by atoms with E-state index in [1.165, 1.54) is 26.2 Å². The van der Waals surface area contributed by atoms with Crippen LogP contribution in [0.2, 0.25) is 5.02 Å². The number of dihydropyridines is 1. The Balaban J connectivity index is 2.22. The molecule has 0 aromatic heterocycles. The lowest BCUT2D eigenvalue weighted by Gasteiger charge is -2.32. The van der Waals surface area contributed by atoms with Gasteiger partial charge in [-0.1, -0.05) is 48.0 Å². The summed E-state index contributed by atoms with van der Waals surface area (Å²) in [5, 5.41) is 3.28. The number of methoxy groups -OCH3 is 1. The van der Waals surface area contributed by atoms with Crippen LogP contribution in [0.15, 0.2) is 81.4 Å². The summed E-state index contributed by atoms with van der Waals surface area (Å²) in [6.45, 7) is 4.64. The van der Waals surface area contributed by atoms with Gasteiger partial charge in [-0.15, -0.1) is 0 Å². The Morgan fingerprint density at radius 2 is 1.61 bits per heavy atom. The maximum atomic E-state index is 13.8. The summed E-state index contributed by atoms with van der Waals surface area (Å²) in [5.74, 6) is -2.64. The summed E-state index contributed by atoms with van der Waals surface area (Å²) in [7, 11) is -2.86. The molecule has 7 nitrogen and oxygen atoms in total. The highest BCUT2D eigenvalue weighted by Crippen LogP contribution is 2.45. The molecule has 0 aliphatic carbocycles. The summed E-state index contributed by atoms with van der Waals surface area (Å²) in [6.07, 6.45) is -1.18. The maximum absolute atomic E-state index is 13.8. The molecule has 174 valence electrons. The van der Waals surface area contributed by atoms with Gasteiger partial charge in [0.1, 0.15) is 0 Å². The van der Waals surface area contributed by atoms with E-state index in [-0.39, 0.29) is 20.4 Å². The van der Waals surface area contributed by atoms with Crippen LogP contribution in [-0.4, -0.2) is 33.6 Å². The summed E-state index contributed by atoms with van der Waals surface area (Å²) in [5.41, 5.74) is 1.22. The van der Waals surface area contributed by atoms with E-state index in [0.29, 0.717) is 17.0 Å². The van der Waals surface area contributed by atoms with Crippen molar-refractivity contribution in [1.29, 1.82) is 0 Å². The van der Waals surface area contributed by atoms with Gasteiger partial charge in [0.15, 0.2) is 6.10 Å². The number of hydrogen-bond acceptors (Lipinski definition) is 7. The third-order valence-electron chi connectivity index (χ3n) is 5.30. The van der Waals surface area contributed by atoms with Crippen LogP contribution in [0.25, 0.3) is 0 Å². The molecule has 0 radical (unpaired) electrons. The Morgan fingerprint density at radius 1 is 1.00 bits per heavy atom. The molecular weight excluding hydrogens is 466 g/mol. The SMILES string of the molecule is COC(=O)C(C)OC(=O)C1=C(C)NC(C)=C(S(=O)(=O)c2ccccc2)C1c1ccccc1Cl. The van der Waals surface area contributed by atoms with Crippen molar-refractivity contribution in [3.63, 3.8) is 0 Å². The number of sulfone groups is 1. The van der Waals surface area contributed by atoms with Crippen LogP contribution in [0.1, 0.15) is 32.3 Å². The summed E-state index contributed by atoms with van der Waals surface area (Å²) in [6, 6.07) is 14.6. The highest BCUT2D eigenvalue weighted by molar-refractivity contribution is 7.95. The molecule has 0 bridgehead atoms. The lowest BCUT2D eigenvalue weighted by Crippen LogP contribution is -2.34. The fraction of sp³-hybridized carbons (Fsp3) is 0.250. The lowest BCUT2D eigenvalue weighted by atomic mass is 9.86. The van der Waals surface area contributed by atoms with E-state index in [9.17, 15) is 18.0 Å². The molecule has 1 aliphatic rings. The molecule has 3 rings (SSSR count). The number of nitrogens with one attached hydrogen (secondary N) is 1. The monoisotopic (exact) mass is 489 g/mol. The minimum Gasteiger partial charge on any atom is -0.466 e. The molecule has 33 heavy (non-hydrogen) atoms. The molecule has 2 unspecified atom stereocenters. The van der Waals surface area contributed by atoms with E-state index in [1.807, 2.05) is 0 Å². The molecule has 0 saturated carbocycles. The van der Waals surface area contributed by atoms with E-state index in [4.69, 9.17) is 16.3 Å². The normalized spacial score (nSPS) is 17.3. The highest BCUT2D eigenvalue weighted by atomic mass is 35.5. The topological polar surface area (TPSA) is 98.8 Å². The van der Waals surface area contributed by atoms with Crippen LogP contribution in [0.4, 0.5) is 0 Å².